The molecule has 3 atom stereocenters. The van der Waals surface area contributed by atoms with Crippen molar-refractivity contribution in [3.63, 3.8) is 0 Å². The molecule has 0 spiro atoms. The topological polar surface area (TPSA) is 118 Å². The lowest BCUT2D eigenvalue weighted by molar-refractivity contribution is 0.0688. The van der Waals surface area contributed by atoms with Gasteiger partial charge in [-0.1, -0.05) is 30.3 Å². The molecule has 0 radical (unpaired) electrons. The number of hydrogen-bond acceptors (Lipinski definition) is 7. The second-order valence-electron chi connectivity index (χ2n) is 11.8. The summed E-state index contributed by atoms with van der Waals surface area (Å²) >= 11 is 0. The Morgan fingerprint density at radius 2 is 1.85 bits per heavy atom. The minimum atomic E-state index is -0.508. The summed E-state index contributed by atoms with van der Waals surface area (Å²) in [5, 5.41) is 7.00. The molecule has 3 aliphatic rings. The van der Waals surface area contributed by atoms with Gasteiger partial charge in [-0.25, -0.2) is 10.2 Å². The van der Waals surface area contributed by atoms with Crippen LogP contribution in [0.2, 0.25) is 0 Å². The molecular formula is C30H42N8O2. The zero-order valence-corrected chi connectivity index (χ0v) is 23.9. The van der Waals surface area contributed by atoms with Crippen molar-refractivity contribution in [2.75, 3.05) is 46.0 Å². The van der Waals surface area contributed by atoms with Crippen LogP contribution in [0.25, 0.3) is 0 Å². The fourth-order valence-corrected chi connectivity index (χ4v) is 6.00. The van der Waals surface area contributed by atoms with E-state index in [0.29, 0.717) is 30.9 Å². The first-order chi connectivity index (χ1) is 19.1. The van der Waals surface area contributed by atoms with Crippen molar-refractivity contribution in [3.8, 4) is 0 Å². The summed E-state index contributed by atoms with van der Waals surface area (Å²) < 4.78 is 0. The van der Waals surface area contributed by atoms with Gasteiger partial charge in [-0.15, -0.1) is 0 Å². The molecule has 1 saturated heterocycles. The standard InChI is InChI=1S/C30H42N8O2/c1-30(2)26-24(18-38(30)29(40)33-25(19-36(3)4)20-9-6-5-7-10-20)27(35-34-26)32-23-11-8-16-37(17-23)28(39)21-12-14-22(31)15-13-21/h5-7,9-10,12-15,23,25,27,32,34-35H,8,11,16-19,31H2,1-4H3,(H,33,40)/t23?,25-,27?/m1/s1. The average molecular weight is 547 g/mol. The molecule has 3 amide bonds. The number of carbonyl (C=O) groups is 2. The molecule has 214 valence electrons. The number of hydrazine groups is 1. The number of nitrogen functional groups attached to an aromatic ring is 1. The van der Waals surface area contributed by atoms with Crippen molar-refractivity contribution in [2.24, 2.45) is 0 Å². The van der Waals surface area contributed by atoms with Gasteiger partial charge >= 0.3 is 6.03 Å². The van der Waals surface area contributed by atoms with Crippen molar-refractivity contribution < 1.29 is 9.59 Å². The van der Waals surface area contributed by atoms with Crippen LogP contribution in [0.4, 0.5) is 10.5 Å². The minimum Gasteiger partial charge on any atom is -0.399 e. The summed E-state index contributed by atoms with van der Waals surface area (Å²) in [6.45, 7) is 6.72. The number of nitrogens with two attached hydrogens (primary N) is 1. The molecule has 6 N–H and O–H groups in total. The lowest BCUT2D eigenvalue weighted by Crippen LogP contribution is -2.58. The maximum Gasteiger partial charge on any atom is 0.318 e. The van der Waals surface area contributed by atoms with E-state index in [1.54, 1.807) is 24.3 Å². The Morgan fingerprint density at radius 1 is 1.12 bits per heavy atom. The number of likely N-dealkylation sites (N-methyl/N-ethyl adjacent to an activating group) is 1. The second-order valence-corrected chi connectivity index (χ2v) is 11.8. The number of carbonyl (C=O) groups excluding carboxylic acids is 2. The molecule has 0 aromatic heterocycles. The van der Waals surface area contributed by atoms with E-state index in [2.05, 4.69) is 52.4 Å². The van der Waals surface area contributed by atoms with Crippen molar-refractivity contribution >= 4 is 17.6 Å². The molecule has 0 aliphatic carbocycles. The Bertz CT molecular complexity index is 1240. The SMILES string of the molecule is CN(C)C[C@@H](NC(=O)N1CC2=C(NNC2NC2CCCN(C(=O)c3ccc(N)cc3)C2)C1(C)C)c1ccccc1. The molecule has 0 saturated carbocycles. The first kappa shape index (κ1) is 27.9. The number of benzene rings is 2. The zero-order valence-electron chi connectivity index (χ0n) is 23.9. The fourth-order valence-electron chi connectivity index (χ4n) is 6.00. The van der Waals surface area contributed by atoms with E-state index in [1.807, 2.05) is 42.1 Å². The number of rotatable bonds is 7. The number of nitrogens with one attached hydrogen (secondary N) is 4. The van der Waals surface area contributed by atoms with Gasteiger partial charge in [0.25, 0.3) is 5.91 Å². The molecule has 40 heavy (non-hydrogen) atoms. The third kappa shape index (κ3) is 5.79. The van der Waals surface area contributed by atoms with Crippen molar-refractivity contribution in [1.82, 2.24) is 36.2 Å². The van der Waals surface area contributed by atoms with E-state index < -0.39 is 5.54 Å². The van der Waals surface area contributed by atoms with Crippen LogP contribution in [-0.4, -0.2) is 84.7 Å². The van der Waals surface area contributed by atoms with E-state index in [1.165, 1.54) is 0 Å². The predicted octanol–water partition coefficient (Wildman–Crippen LogP) is 2.26. The van der Waals surface area contributed by atoms with Crippen molar-refractivity contribution in [1.29, 1.82) is 0 Å². The summed E-state index contributed by atoms with van der Waals surface area (Å²) in [5.41, 5.74) is 16.6. The molecule has 2 aromatic carbocycles. The lowest BCUT2D eigenvalue weighted by atomic mass is 9.99. The van der Waals surface area contributed by atoms with Crippen LogP contribution in [0.1, 0.15) is 48.7 Å². The van der Waals surface area contributed by atoms with Crippen LogP contribution in [-0.2, 0) is 0 Å². The largest absolute Gasteiger partial charge is 0.399 e. The first-order valence-corrected chi connectivity index (χ1v) is 14.1. The van der Waals surface area contributed by atoms with Gasteiger partial charge in [-0.05, 0) is 70.6 Å². The van der Waals surface area contributed by atoms with Crippen molar-refractivity contribution in [3.05, 3.63) is 77.0 Å². The third-order valence-electron chi connectivity index (χ3n) is 8.19. The van der Waals surface area contributed by atoms with E-state index >= 15 is 0 Å². The van der Waals surface area contributed by atoms with E-state index in [9.17, 15) is 9.59 Å². The predicted molar refractivity (Wildman–Crippen MR) is 157 cm³/mol. The molecule has 2 aromatic rings. The number of hydrogen-bond donors (Lipinski definition) is 5. The van der Waals surface area contributed by atoms with Gasteiger partial charge in [0.2, 0.25) is 0 Å². The van der Waals surface area contributed by atoms with Crippen molar-refractivity contribution in [2.45, 2.75) is 50.5 Å². The molecule has 3 aliphatic heterocycles. The molecule has 5 rings (SSSR count). The summed E-state index contributed by atoms with van der Waals surface area (Å²) in [6.07, 6.45) is 1.77. The Kier molecular flexibility index (Phi) is 8.02. The minimum absolute atomic E-state index is 0.0273. The maximum absolute atomic E-state index is 13.7. The molecule has 10 nitrogen and oxygen atoms in total. The van der Waals surface area contributed by atoms with Gasteiger partial charge in [0.05, 0.1) is 17.3 Å². The van der Waals surface area contributed by atoms with Gasteiger partial charge in [-0.2, -0.15) is 0 Å². The highest BCUT2D eigenvalue weighted by molar-refractivity contribution is 5.94. The zero-order chi connectivity index (χ0) is 28.4. The molecule has 3 heterocycles. The van der Waals surface area contributed by atoms with Crippen LogP contribution in [0.5, 0.6) is 0 Å². The van der Waals surface area contributed by atoms with Crippen LogP contribution in [0.15, 0.2) is 65.9 Å². The summed E-state index contributed by atoms with van der Waals surface area (Å²) in [4.78, 5) is 32.7. The van der Waals surface area contributed by atoms with Gasteiger partial charge in [0, 0.05) is 49.0 Å². The molecular weight excluding hydrogens is 504 g/mol. The number of urea groups is 1. The van der Waals surface area contributed by atoms with Gasteiger partial charge < -0.3 is 31.2 Å². The van der Waals surface area contributed by atoms with Crippen LogP contribution < -0.4 is 27.2 Å². The Morgan fingerprint density at radius 3 is 2.55 bits per heavy atom. The second kappa shape index (κ2) is 11.5. The highest BCUT2D eigenvalue weighted by Gasteiger charge is 2.48. The quantitative estimate of drug-likeness (QED) is 0.338. The third-order valence-corrected chi connectivity index (χ3v) is 8.19. The van der Waals surface area contributed by atoms with Gasteiger partial charge in [0.15, 0.2) is 0 Å². The number of piperidine rings is 1. The highest BCUT2D eigenvalue weighted by Crippen LogP contribution is 2.36. The normalized spacial score (nSPS) is 22.7. The number of likely N-dealkylation sites (tertiary alicyclic amines) is 1. The Balaban J connectivity index is 1.24. The maximum atomic E-state index is 13.7. The molecule has 0 bridgehead atoms. The lowest BCUT2D eigenvalue weighted by Gasteiger charge is -2.37. The Hall–Kier alpha value is -3.60. The van der Waals surface area contributed by atoms with E-state index in [-0.39, 0.29) is 30.2 Å². The molecule has 2 unspecified atom stereocenters. The smallest absolute Gasteiger partial charge is 0.318 e. The van der Waals surface area contributed by atoms with Crippen LogP contribution >= 0.6 is 0 Å². The van der Waals surface area contributed by atoms with Crippen LogP contribution in [0, 0.1) is 0 Å². The number of amides is 3. The molecule has 10 heteroatoms. The molecule has 1 fully saturated rings. The first-order valence-electron chi connectivity index (χ1n) is 14.1. The number of anilines is 1. The summed E-state index contributed by atoms with van der Waals surface area (Å²) in [7, 11) is 4.03. The van der Waals surface area contributed by atoms with Gasteiger partial charge in [0.1, 0.15) is 6.17 Å². The summed E-state index contributed by atoms with van der Waals surface area (Å²) in [6, 6.07) is 17.1. The van der Waals surface area contributed by atoms with E-state index in [0.717, 1.165) is 36.2 Å². The monoisotopic (exact) mass is 546 g/mol. The van der Waals surface area contributed by atoms with E-state index in [4.69, 9.17) is 5.73 Å². The summed E-state index contributed by atoms with van der Waals surface area (Å²) in [5.74, 6) is 0.0273. The van der Waals surface area contributed by atoms with Gasteiger partial charge in [-0.3, -0.25) is 10.1 Å². The number of nitrogens with zero attached hydrogens (tertiary/aromatic N) is 3. The fraction of sp³-hybridized carbons (Fsp3) is 0.467. The highest BCUT2D eigenvalue weighted by atomic mass is 16.2. The average Bonchev–Trinajstić information content (AvgIpc) is 3.46. The van der Waals surface area contributed by atoms with Crippen LogP contribution in [0.3, 0.4) is 0 Å². The Labute approximate surface area is 236 Å².